The number of hydrogen-bond donors (Lipinski definition) is 2. The van der Waals surface area contributed by atoms with Crippen LogP contribution in [-0.4, -0.2) is 31.2 Å². The number of amides is 1. The Morgan fingerprint density at radius 2 is 2.00 bits per heavy atom. The Hall–Kier alpha value is -1.75. The fourth-order valence-corrected chi connectivity index (χ4v) is 2.04. The maximum absolute atomic E-state index is 11.8. The summed E-state index contributed by atoms with van der Waals surface area (Å²) < 4.78 is 11.2. The molecule has 2 rings (SSSR count). The maximum Gasteiger partial charge on any atom is 0.237 e. The van der Waals surface area contributed by atoms with Crippen molar-refractivity contribution in [3.8, 4) is 11.5 Å². The lowest BCUT2D eigenvalue weighted by Gasteiger charge is -2.22. The molecule has 1 aliphatic rings. The quantitative estimate of drug-likeness (QED) is 0.856. The largest absolute Gasteiger partial charge is 0.486 e. The minimum atomic E-state index is -0.252. The minimum Gasteiger partial charge on any atom is -0.486 e. The number of carbonyl (C=O) groups is 1. The SMILES string of the molecule is CC(C)NC(=O)C(C)NCc1cccc2c1OCCO2. The van der Waals surface area contributed by atoms with Crippen LogP contribution in [0.2, 0.25) is 0 Å². The third kappa shape index (κ3) is 3.63. The highest BCUT2D eigenvalue weighted by Gasteiger charge is 2.17. The van der Waals surface area contributed by atoms with E-state index in [0.717, 1.165) is 17.1 Å². The molecule has 0 spiro atoms. The van der Waals surface area contributed by atoms with Crippen LogP contribution in [0.5, 0.6) is 11.5 Å². The number of nitrogens with one attached hydrogen (secondary N) is 2. The molecule has 1 aromatic rings. The zero-order valence-electron chi connectivity index (χ0n) is 12.2. The van der Waals surface area contributed by atoms with Crippen molar-refractivity contribution in [1.29, 1.82) is 0 Å². The van der Waals surface area contributed by atoms with Crippen LogP contribution in [0.4, 0.5) is 0 Å². The number of ether oxygens (including phenoxy) is 2. The third-order valence-corrected chi connectivity index (χ3v) is 3.07. The van der Waals surface area contributed by atoms with Gasteiger partial charge in [0.05, 0.1) is 6.04 Å². The van der Waals surface area contributed by atoms with E-state index in [4.69, 9.17) is 9.47 Å². The van der Waals surface area contributed by atoms with E-state index in [1.165, 1.54) is 0 Å². The molecule has 0 aliphatic carbocycles. The molecule has 0 fully saturated rings. The van der Waals surface area contributed by atoms with Crippen LogP contribution >= 0.6 is 0 Å². The predicted molar refractivity (Wildman–Crippen MR) is 77.0 cm³/mol. The first-order chi connectivity index (χ1) is 9.58. The van der Waals surface area contributed by atoms with Crippen molar-refractivity contribution < 1.29 is 14.3 Å². The van der Waals surface area contributed by atoms with Gasteiger partial charge in [-0.1, -0.05) is 12.1 Å². The van der Waals surface area contributed by atoms with Gasteiger partial charge in [-0.2, -0.15) is 0 Å². The second kappa shape index (κ2) is 6.61. The molecule has 2 N–H and O–H groups in total. The van der Waals surface area contributed by atoms with E-state index in [9.17, 15) is 4.79 Å². The maximum atomic E-state index is 11.8. The lowest BCUT2D eigenvalue weighted by Crippen LogP contribution is -2.44. The Morgan fingerprint density at radius 3 is 2.75 bits per heavy atom. The summed E-state index contributed by atoms with van der Waals surface area (Å²) in [6.07, 6.45) is 0. The highest BCUT2D eigenvalue weighted by atomic mass is 16.6. The molecule has 1 heterocycles. The van der Waals surface area contributed by atoms with Gasteiger partial charge in [0, 0.05) is 18.2 Å². The van der Waals surface area contributed by atoms with Crippen LogP contribution in [0.3, 0.4) is 0 Å². The molecule has 0 saturated heterocycles. The molecule has 0 aromatic heterocycles. The second-order valence-corrected chi connectivity index (χ2v) is 5.21. The summed E-state index contributed by atoms with van der Waals surface area (Å²) in [5.41, 5.74) is 1.01. The number of carbonyl (C=O) groups excluding carboxylic acids is 1. The van der Waals surface area contributed by atoms with Crippen LogP contribution in [0.1, 0.15) is 26.3 Å². The Morgan fingerprint density at radius 1 is 1.25 bits per heavy atom. The molecule has 0 radical (unpaired) electrons. The topological polar surface area (TPSA) is 59.6 Å². The van der Waals surface area contributed by atoms with Gasteiger partial charge < -0.3 is 20.1 Å². The van der Waals surface area contributed by atoms with Crippen molar-refractivity contribution in [2.24, 2.45) is 0 Å². The van der Waals surface area contributed by atoms with Gasteiger partial charge in [-0.3, -0.25) is 4.79 Å². The van der Waals surface area contributed by atoms with Crippen LogP contribution < -0.4 is 20.1 Å². The average Bonchev–Trinajstić information content (AvgIpc) is 2.44. The van der Waals surface area contributed by atoms with Crippen molar-refractivity contribution in [2.75, 3.05) is 13.2 Å². The Labute approximate surface area is 119 Å². The lowest BCUT2D eigenvalue weighted by molar-refractivity contribution is -0.123. The summed E-state index contributed by atoms with van der Waals surface area (Å²) >= 11 is 0. The number of rotatable bonds is 5. The Balaban J connectivity index is 1.96. The van der Waals surface area contributed by atoms with Crippen molar-refractivity contribution in [1.82, 2.24) is 10.6 Å². The number of para-hydroxylation sites is 1. The van der Waals surface area contributed by atoms with E-state index in [1.54, 1.807) is 0 Å². The van der Waals surface area contributed by atoms with Gasteiger partial charge in [0.1, 0.15) is 13.2 Å². The molecule has 5 nitrogen and oxygen atoms in total. The minimum absolute atomic E-state index is 0.00182. The van der Waals surface area contributed by atoms with Gasteiger partial charge in [0.25, 0.3) is 0 Å². The average molecular weight is 278 g/mol. The summed E-state index contributed by atoms with van der Waals surface area (Å²) in [7, 11) is 0. The van der Waals surface area contributed by atoms with Gasteiger partial charge in [-0.15, -0.1) is 0 Å². The third-order valence-electron chi connectivity index (χ3n) is 3.07. The van der Waals surface area contributed by atoms with Gasteiger partial charge in [0.2, 0.25) is 5.91 Å². The van der Waals surface area contributed by atoms with E-state index in [-0.39, 0.29) is 18.0 Å². The molecule has 1 aliphatic heterocycles. The van der Waals surface area contributed by atoms with Crippen molar-refractivity contribution in [3.05, 3.63) is 23.8 Å². The van der Waals surface area contributed by atoms with Gasteiger partial charge in [0.15, 0.2) is 11.5 Å². The molecule has 1 amide bonds. The van der Waals surface area contributed by atoms with E-state index >= 15 is 0 Å². The summed E-state index contributed by atoms with van der Waals surface area (Å²) in [5, 5.41) is 6.09. The van der Waals surface area contributed by atoms with Crippen molar-refractivity contribution in [3.63, 3.8) is 0 Å². The molecular formula is C15H22N2O3. The summed E-state index contributed by atoms with van der Waals surface area (Å²) in [6, 6.07) is 5.70. The summed E-state index contributed by atoms with van der Waals surface area (Å²) in [6.45, 7) is 7.46. The summed E-state index contributed by atoms with van der Waals surface area (Å²) in [4.78, 5) is 11.8. The fourth-order valence-electron chi connectivity index (χ4n) is 2.04. The van der Waals surface area contributed by atoms with Crippen LogP contribution in [0, 0.1) is 0 Å². The van der Waals surface area contributed by atoms with Crippen molar-refractivity contribution in [2.45, 2.75) is 39.4 Å². The monoisotopic (exact) mass is 278 g/mol. The van der Waals surface area contributed by atoms with Crippen LogP contribution in [-0.2, 0) is 11.3 Å². The van der Waals surface area contributed by atoms with Crippen LogP contribution in [0.25, 0.3) is 0 Å². The van der Waals surface area contributed by atoms with Gasteiger partial charge >= 0.3 is 0 Å². The highest BCUT2D eigenvalue weighted by molar-refractivity contribution is 5.81. The molecule has 1 atom stereocenters. The van der Waals surface area contributed by atoms with E-state index in [0.29, 0.717) is 19.8 Å². The zero-order chi connectivity index (χ0) is 14.5. The number of benzene rings is 1. The Kier molecular flexibility index (Phi) is 4.84. The zero-order valence-corrected chi connectivity index (χ0v) is 12.2. The normalized spacial score (nSPS) is 15.0. The first-order valence-electron chi connectivity index (χ1n) is 6.99. The first kappa shape index (κ1) is 14.7. The second-order valence-electron chi connectivity index (χ2n) is 5.21. The highest BCUT2D eigenvalue weighted by Crippen LogP contribution is 2.33. The molecule has 5 heteroatoms. The van der Waals surface area contributed by atoms with E-state index < -0.39 is 0 Å². The van der Waals surface area contributed by atoms with Crippen LogP contribution in [0.15, 0.2) is 18.2 Å². The Bertz CT molecular complexity index is 474. The van der Waals surface area contributed by atoms with E-state index in [2.05, 4.69) is 10.6 Å². The van der Waals surface area contributed by atoms with E-state index in [1.807, 2.05) is 39.0 Å². The lowest BCUT2D eigenvalue weighted by atomic mass is 10.1. The first-order valence-corrected chi connectivity index (χ1v) is 6.99. The van der Waals surface area contributed by atoms with Gasteiger partial charge in [-0.25, -0.2) is 0 Å². The smallest absolute Gasteiger partial charge is 0.237 e. The molecule has 1 unspecified atom stereocenters. The van der Waals surface area contributed by atoms with Crippen molar-refractivity contribution >= 4 is 5.91 Å². The summed E-state index contributed by atoms with van der Waals surface area (Å²) in [5.74, 6) is 1.56. The molecule has 1 aromatic carbocycles. The molecule has 0 bridgehead atoms. The molecule has 0 saturated carbocycles. The standard InChI is InChI=1S/C15H22N2O3/c1-10(2)17-15(18)11(3)16-9-12-5-4-6-13-14(12)20-8-7-19-13/h4-6,10-11,16H,7-9H2,1-3H3,(H,17,18). The number of fused-ring (bicyclic) bond motifs is 1. The number of hydrogen-bond acceptors (Lipinski definition) is 4. The molecular weight excluding hydrogens is 256 g/mol. The fraction of sp³-hybridized carbons (Fsp3) is 0.533. The predicted octanol–water partition coefficient (Wildman–Crippen LogP) is 1.46. The molecule has 110 valence electrons. The van der Waals surface area contributed by atoms with Gasteiger partial charge in [-0.05, 0) is 26.8 Å². The molecule has 20 heavy (non-hydrogen) atoms.